The van der Waals surface area contributed by atoms with Crippen molar-refractivity contribution in [3.63, 3.8) is 0 Å². The fourth-order valence-electron chi connectivity index (χ4n) is 6.15. The molecule has 0 aromatic heterocycles. The number of halogens is 1. The third-order valence-corrected chi connectivity index (χ3v) is 7.78. The molecule has 6 nitrogen and oxygen atoms in total. The molecule has 6 unspecified atom stereocenters. The highest BCUT2D eigenvalue weighted by molar-refractivity contribution is 5.79. The molecule has 4 aliphatic rings. The summed E-state index contributed by atoms with van der Waals surface area (Å²) < 4.78 is 20.5. The number of hydrogen-bond donors (Lipinski definition) is 2. The van der Waals surface area contributed by atoms with Crippen LogP contribution in [-0.4, -0.2) is 67.0 Å². The molecule has 0 aromatic carbocycles. The molecule has 172 valence electrons. The first kappa shape index (κ1) is 22.4. The van der Waals surface area contributed by atoms with Crippen LogP contribution in [0, 0.1) is 11.8 Å². The Hall–Kier alpha value is -0.760. The molecule has 1 aliphatic carbocycles. The van der Waals surface area contributed by atoms with E-state index in [1.807, 2.05) is 0 Å². The molecule has 4 rings (SSSR count). The van der Waals surface area contributed by atoms with E-state index in [1.54, 1.807) is 0 Å². The first-order valence-corrected chi connectivity index (χ1v) is 12.2. The van der Waals surface area contributed by atoms with Crippen LogP contribution in [0.1, 0.15) is 71.6 Å². The number of hydroxylamine groups is 1. The van der Waals surface area contributed by atoms with Crippen molar-refractivity contribution in [1.29, 1.82) is 0 Å². The number of carbonyl (C=O) groups excluding carboxylic acids is 1. The van der Waals surface area contributed by atoms with E-state index in [0.717, 1.165) is 38.9 Å². The summed E-state index contributed by atoms with van der Waals surface area (Å²) in [5, 5.41) is 3.08. The van der Waals surface area contributed by atoms with E-state index in [9.17, 15) is 9.18 Å². The van der Waals surface area contributed by atoms with Crippen molar-refractivity contribution < 1.29 is 18.8 Å². The summed E-state index contributed by atoms with van der Waals surface area (Å²) in [4.78, 5) is 21.0. The van der Waals surface area contributed by atoms with Gasteiger partial charge in [0.15, 0.2) is 0 Å². The van der Waals surface area contributed by atoms with E-state index in [-0.39, 0.29) is 29.6 Å². The van der Waals surface area contributed by atoms with Crippen molar-refractivity contribution in [3.05, 3.63) is 0 Å². The Kier molecular flexibility index (Phi) is 7.33. The standard InChI is InChI=1S/C23H40FN3O3/c1-3-6-16(4-2)20-12-18(30-26-20)13-27-10-5-9-23(15-27)14-25-22(28)19-11-17(24)7-8-21(19)29-23/h16-21,26H,3-15H2,1-2H3,(H,25,28)/t16?,17?,18?,19?,20?,21?,23-/m1/s1. The van der Waals surface area contributed by atoms with Crippen molar-refractivity contribution in [1.82, 2.24) is 15.7 Å². The predicted molar refractivity (Wildman–Crippen MR) is 114 cm³/mol. The molecule has 30 heavy (non-hydrogen) atoms. The molecule has 1 saturated carbocycles. The van der Waals surface area contributed by atoms with Gasteiger partial charge < -0.3 is 10.1 Å². The van der Waals surface area contributed by atoms with Gasteiger partial charge in [0.1, 0.15) is 6.17 Å². The fraction of sp³-hybridized carbons (Fsp3) is 0.957. The average Bonchev–Trinajstić information content (AvgIpc) is 3.15. The number of alkyl halides is 1. The lowest BCUT2D eigenvalue weighted by molar-refractivity contribution is -0.151. The summed E-state index contributed by atoms with van der Waals surface area (Å²) >= 11 is 0. The van der Waals surface area contributed by atoms with Crippen LogP contribution in [-0.2, 0) is 14.4 Å². The largest absolute Gasteiger partial charge is 0.368 e. The molecule has 2 N–H and O–H groups in total. The van der Waals surface area contributed by atoms with Gasteiger partial charge >= 0.3 is 0 Å². The first-order chi connectivity index (χ1) is 14.5. The van der Waals surface area contributed by atoms with Crippen molar-refractivity contribution in [2.75, 3.05) is 26.2 Å². The molecule has 3 saturated heterocycles. The van der Waals surface area contributed by atoms with E-state index in [0.29, 0.717) is 37.8 Å². The van der Waals surface area contributed by atoms with Crippen LogP contribution < -0.4 is 10.8 Å². The van der Waals surface area contributed by atoms with Gasteiger partial charge in [-0.25, -0.2) is 4.39 Å². The number of nitrogens with one attached hydrogen (secondary N) is 2. The van der Waals surface area contributed by atoms with Crippen LogP contribution in [0.3, 0.4) is 0 Å². The Balaban J connectivity index is 1.35. The number of carbonyl (C=O) groups is 1. The topological polar surface area (TPSA) is 62.8 Å². The quantitative estimate of drug-likeness (QED) is 0.685. The van der Waals surface area contributed by atoms with Gasteiger partial charge in [0.2, 0.25) is 5.91 Å². The van der Waals surface area contributed by atoms with Gasteiger partial charge in [-0.05, 0) is 57.4 Å². The van der Waals surface area contributed by atoms with Gasteiger partial charge in [-0.3, -0.25) is 14.5 Å². The summed E-state index contributed by atoms with van der Waals surface area (Å²) in [7, 11) is 0. The highest BCUT2D eigenvalue weighted by atomic mass is 19.1. The zero-order chi connectivity index (χ0) is 21.1. The van der Waals surface area contributed by atoms with Crippen LogP contribution in [0.25, 0.3) is 0 Å². The lowest BCUT2D eigenvalue weighted by atomic mass is 9.84. The van der Waals surface area contributed by atoms with Gasteiger partial charge in [0.05, 0.1) is 23.7 Å². The number of hydrogen-bond acceptors (Lipinski definition) is 5. The van der Waals surface area contributed by atoms with Crippen LogP contribution in [0.15, 0.2) is 0 Å². The Morgan fingerprint density at radius 1 is 1.30 bits per heavy atom. The fourth-order valence-corrected chi connectivity index (χ4v) is 6.15. The zero-order valence-corrected chi connectivity index (χ0v) is 18.7. The second-order valence-electron chi connectivity index (χ2n) is 10.1. The molecule has 4 fully saturated rings. The lowest BCUT2D eigenvalue weighted by Crippen LogP contribution is -2.56. The van der Waals surface area contributed by atoms with Gasteiger partial charge in [-0.1, -0.05) is 26.7 Å². The second kappa shape index (κ2) is 9.80. The van der Waals surface area contributed by atoms with E-state index < -0.39 is 6.17 Å². The Labute approximate surface area is 180 Å². The maximum atomic E-state index is 13.9. The minimum absolute atomic E-state index is 0.0240. The molecule has 1 amide bonds. The third-order valence-electron chi connectivity index (χ3n) is 7.78. The van der Waals surface area contributed by atoms with E-state index in [1.165, 1.54) is 19.3 Å². The normalized spacial score (nSPS) is 41.3. The molecular weight excluding hydrogens is 385 g/mol. The van der Waals surface area contributed by atoms with E-state index >= 15 is 0 Å². The van der Waals surface area contributed by atoms with Crippen LogP contribution >= 0.6 is 0 Å². The smallest absolute Gasteiger partial charge is 0.225 e. The number of rotatable bonds is 6. The van der Waals surface area contributed by atoms with Crippen molar-refractivity contribution >= 4 is 5.91 Å². The van der Waals surface area contributed by atoms with E-state index in [4.69, 9.17) is 9.57 Å². The monoisotopic (exact) mass is 425 g/mol. The maximum absolute atomic E-state index is 13.9. The molecule has 1 spiro atoms. The number of piperidine rings is 1. The van der Waals surface area contributed by atoms with Crippen LogP contribution in [0.5, 0.6) is 0 Å². The van der Waals surface area contributed by atoms with Crippen molar-refractivity contribution in [2.24, 2.45) is 11.8 Å². The summed E-state index contributed by atoms with van der Waals surface area (Å²) in [5.41, 5.74) is 2.96. The number of likely N-dealkylation sites (tertiary alicyclic amines) is 1. The molecular formula is C23H40FN3O3. The number of ether oxygens (including phenoxy) is 1. The van der Waals surface area contributed by atoms with Gasteiger partial charge in [0.25, 0.3) is 0 Å². The minimum atomic E-state index is -0.878. The molecule has 0 radical (unpaired) electrons. The SMILES string of the molecule is CCCC(CC)C1CC(CN2CCC[C@@]3(CNC(=O)C4CC(F)CCC4O3)C2)ON1. The van der Waals surface area contributed by atoms with Gasteiger partial charge in [0, 0.05) is 25.7 Å². The van der Waals surface area contributed by atoms with Crippen LogP contribution in [0.4, 0.5) is 4.39 Å². The van der Waals surface area contributed by atoms with Crippen LogP contribution in [0.2, 0.25) is 0 Å². The molecule has 0 bridgehead atoms. The van der Waals surface area contributed by atoms with Gasteiger partial charge in [-0.2, -0.15) is 5.48 Å². The molecule has 7 heteroatoms. The Bertz CT molecular complexity index is 594. The lowest BCUT2D eigenvalue weighted by Gasteiger charge is -2.44. The molecule has 7 atom stereocenters. The average molecular weight is 426 g/mol. The van der Waals surface area contributed by atoms with Crippen molar-refractivity contribution in [2.45, 2.75) is 102 Å². The summed E-state index contributed by atoms with van der Waals surface area (Å²) in [6.45, 7) is 7.80. The summed E-state index contributed by atoms with van der Waals surface area (Å²) in [6, 6.07) is 0.448. The first-order valence-electron chi connectivity index (χ1n) is 12.2. The molecule has 3 aliphatic heterocycles. The number of fused-ring (bicyclic) bond motifs is 1. The summed E-state index contributed by atoms with van der Waals surface area (Å²) in [6.07, 6.45) is 7.33. The Morgan fingerprint density at radius 2 is 2.17 bits per heavy atom. The number of amides is 1. The van der Waals surface area contributed by atoms with Gasteiger partial charge in [-0.15, -0.1) is 0 Å². The predicted octanol–water partition coefficient (Wildman–Crippen LogP) is 2.96. The third kappa shape index (κ3) is 5.00. The second-order valence-corrected chi connectivity index (χ2v) is 10.1. The maximum Gasteiger partial charge on any atom is 0.225 e. The summed E-state index contributed by atoms with van der Waals surface area (Å²) in [5.74, 6) is 0.316. The van der Waals surface area contributed by atoms with E-state index in [2.05, 4.69) is 29.5 Å². The van der Waals surface area contributed by atoms with Crippen molar-refractivity contribution in [3.8, 4) is 0 Å². The highest BCUT2D eigenvalue weighted by Crippen LogP contribution is 2.37. The minimum Gasteiger partial charge on any atom is -0.368 e. The highest BCUT2D eigenvalue weighted by Gasteiger charge is 2.47. The zero-order valence-electron chi connectivity index (χ0n) is 18.7. The Morgan fingerprint density at radius 3 is 2.97 bits per heavy atom. The number of nitrogens with zero attached hydrogens (tertiary/aromatic N) is 1. The molecule has 0 aromatic rings. The molecule has 3 heterocycles.